The fourth-order valence-corrected chi connectivity index (χ4v) is 16.5. The molecule has 764 valence electrons. The first kappa shape index (κ1) is 121. The summed E-state index contributed by atoms with van der Waals surface area (Å²) in [5.74, 6) is -20.8. The molecule has 0 radical (unpaired) electrons. The van der Waals surface area contributed by atoms with E-state index in [1.807, 2.05) is 27.7 Å². The van der Waals surface area contributed by atoms with Gasteiger partial charge in [0.15, 0.2) is 46.6 Å². The maximum atomic E-state index is 15.0. The number of primary amides is 1. The van der Waals surface area contributed by atoms with E-state index in [0.717, 1.165) is 58.3 Å². The number of hydrogen-bond acceptors (Lipinski definition) is 26. The van der Waals surface area contributed by atoms with Gasteiger partial charge in [0.05, 0.1) is 79.5 Å². The number of carbonyl (C=O) groups excluding carboxylic acids is 14. The molecule has 0 aliphatic rings. The standard InChI is InChI=1S/C95H163N19O20S/c1-60(2)46-67(53-79(119)72(30-20-23-40-97)111-93(134)75(31-21-24-41-98)108-85(125)33-18-16-14-12-10-8-7-9-11-13-15-17-25-44-115)90(131)109-73(32-27-43-106-95(102)103)80(120)54-68(58-116)91(132)110-74(38-45-135-6)84(124)55-71(62(5)117)92(133)114-78(56-86(126)127)82(122)50-64(28-19-22-39-96)88(129)113-77(48-63-34-36-70(118)37-35-63)81(121)51-65(29-26-42-105-94(100)101)89(130)112-76(47-61(3)4)83(123)52-66(87(99)128)49-69-57-104-59-107-69/h34-37,57,59-62,64-68,71-78,115-118H,7-33,38-56,58,96-98H2,1-6H3,(H2,99,128)(H,104,107)(H,108,125)(H,109,131)(H,110,132)(H,111,134)(H,112,130)(H,113,129)(H,114,133)(H,126,127)(H4,100,101,105)(H4,102,103,106)/t62-,64-,65-,66-,67-,68+,71+,72+,73+,74+,75+,76+,77+,78+/m1/s1. The molecule has 0 bridgehead atoms. The molecule has 1 aromatic carbocycles. The second-order valence-electron chi connectivity index (χ2n) is 36.5. The number of carboxylic acid groups (broad SMARTS) is 1. The van der Waals surface area contributed by atoms with E-state index in [9.17, 15) is 87.5 Å². The summed E-state index contributed by atoms with van der Waals surface area (Å²) in [5, 5.41) is 70.8. The van der Waals surface area contributed by atoms with Gasteiger partial charge in [0.1, 0.15) is 11.8 Å². The predicted octanol–water partition coefficient (Wildman–Crippen LogP) is 3.87. The third-order valence-electron chi connectivity index (χ3n) is 23.8. The van der Waals surface area contributed by atoms with Crippen LogP contribution in [-0.2, 0) is 84.8 Å². The number of carboxylic acids is 1. The van der Waals surface area contributed by atoms with E-state index >= 15 is 4.79 Å². The third-order valence-corrected chi connectivity index (χ3v) is 24.5. The number of aliphatic hydroxyl groups excluding tert-OH is 3. The number of ketones is 6. The van der Waals surface area contributed by atoms with Crippen molar-refractivity contribution in [3.8, 4) is 5.75 Å². The fraction of sp³-hybridized carbons (Fsp3) is 0.726. The van der Waals surface area contributed by atoms with Crippen molar-refractivity contribution < 1.29 is 97.5 Å². The van der Waals surface area contributed by atoms with Gasteiger partial charge in [-0.2, -0.15) is 11.8 Å². The first-order valence-electron chi connectivity index (χ1n) is 48.5. The number of aliphatic carboxylic acids is 1. The van der Waals surface area contributed by atoms with Crippen LogP contribution in [-0.4, -0.2) is 242 Å². The van der Waals surface area contributed by atoms with Gasteiger partial charge in [0.25, 0.3) is 0 Å². The molecule has 0 spiro atoms. The number of nitrogens with zero attached hydrogens (tertiary/aromatic N) is 3. The van der Waals surface area contributed by atoms with Crippen LogP contribution in [0.25, 0.3) is 0 Å². The van der Waals surface area contributed by atoms with Crippen molar-refractivity contribution in [3.05, 3.63) is 48.0 Å². The first-order chi connectivity index (χ1) is 64.3. The predicted molar refractivity (Wildman–Crippen MR) is 519 cm³/mol. The number of thioether (sulfide) groups is 1. The number of Topliss-reactive ketones (excluding diaryl/α,β-unsaturated/α-hetero) is 6. The lowest BCUT2D eigenvalue weighted by molar-refractivity contribution is -0.142. The van der Waals surface area contributed by atoms with Gasteiger partial charge in [-0.25, -0.2) is 4.98 Å². The number of carbonyl (C=O) groups is 15. The number of benzene rings is 1. The minimum Gasteiger partial charge on any atom is -0.508 e. The number of hydrogen-bond donors (Lipinski definition) is 21. The highest BCUT2D eigenvalue weighted by molar-refractivity contribution is 7.98. The molecule has 135 heavy (non-hydrogen) atoms. The normalized spacial score (nSPS) is 14.5. The highest BCUT2D eigenvalue weighted by atomic mass is 32.2. The Morgan fingerprint density at radius 1 is 0.415 bits per heavy atom. The Morgan fingerprint density at radius 3 is 1.30 bits per heavy atom. The van der Waals surface area contributed by atoms with Crippen molar-refractivity contribution in [2.24, 2.45) is 103 Å². The zero-order valence-electron chi connectivity index (χ0n) is 80.7. The first-order valence-corrected chi connectivity index (χ1v) is 49.8. The van der Waals surface area contributed by atoms with Gasteiger partial charge in [0.2, 0.25) is 47.3 Å². The third kappa shape index (κ3) is 53.4. The molecule has 2 rings (SSSR count). The number of imidazole rings is 1. The molecule has 0 unspecified atom stereocenters. The summed E-state index contributed by atoms with van der Waals surface area (Å²) in [4.78, 5) is 229. The van der Waals surface area contributed by atoms with Crippen LogP contribution in [0.4, 0.5) is 0 Å². The van der Waals surface area contributed by atoms with Crippen molar-refractivity contribution in [2.75, 3.05) is 57.9 Å². The van der Waals surface area contributed by atoms with Gasteiger partial charge in [-0.05, 0) is 184 Å². The van der Waals surface area contributed by atoms with Crippen LogP contribution in [0.3, 0.4) is 0 Å². The maximum Gasteiger partial charge on any atom is 0.305 e. The second-order valence-corrected chi connectivity index (χ2v) is 37.5. The Kier molecular flexibility index (Phi) is 63.5. The Hall–Kier alpha value is -9.87. The number of phenolic OH excluding ortho intramolecular Hbond substituents is 1. The van der Waals surface area contributed by atoms with Gasteiger partial charge < -0.3 is 114 Å². The Labute approximate surface area is 800 Å². The minimum atomic E-state index is -1.92. The van der Waals surface area contributed by atoms with E-state index in [-0.39, 0.29) is 170 Å². The van der Waals surface area contributed by atoms with Gasteiger partial charge >= 0.3 is 5.97 Å². The van der Waals surface area contributed by atoms with Crippen molar-refractivity contribution in [1.82, 2.24) is 47.2 Å². The van der Waals surface area contributed by atoms with Gasteiger partial charge in [0, 0.05) is 101 Å². The summed E-state index contributed by atoms with van der Waals surface area (Å²) in [7, 11) is 0. The smallest absolute Gasteiger partial charge is 0.305 e. The highest BCUT2D eigenvalue weighted by Gasteiger charge is 2.40. The number of guanidine groups is 2. The molecule has 0 aliphatic carbocycles. The number of phenols is 1. The molecule has 40 heteroatoms. The molecule has 8 amide bonds. The summed E-state index contributed by atoms with van der Waals surface area (Å²) < 4.78 is 0. The summed E-state index contributed by atoms with van der Waals surface area (Å²) in [6.07, 6.45) is 15.0. The lowest BCUT2D eigenvalue weighted by Gasteiger charge is -2.27. The lowest BCUT2D eigenvalue weighted by atomic mass is 9.87. The van der Waals surface area contributed by atoms with Crippen LogP contribution in [0.5, 0.6) is 5.75 Å². The van der Waals surface area contributed by atoms with Crippen molar-refractivity contribution in [3.63, 3.8) is 0 Å². The van der Waals surface area contributed by atoms with Crippen molar-refractivity contribution >= 4 is 112 Å². The average molecular weight is 1920 g/mol. The van der Waals surface area contributed by atoms with E-state index < -0.39 is 211 Å². The lowest BCUT2D eigenvalue weighted by Crippen LogP contribution is -2.52. The Morgan fingerprint density at radius 2 is 0.822 bits per heavy atom. The number of amides is 8. The van der Waals surface area contributed by atoms with E-state index in [1.54, 1.807) is 6.26 Å². The number of aliphatic hydroxyl groups is 3. The fourth-order valence-electron chi connectivity index (χ4n) is 16.1. The Balaban J connectivity index is 2.50. The van der Waals surface area contributed by atoms with Crippen LogP contribution in [0, 0.1) is 47.3 Å². The van der Waals surface area contributed by atoms with Gasteiger partial charge in [-0.1, -0.05) is 117 Å². The molecule has 0 aliphatic heterocycles. The molecule has 14 atom stereocenters. The largest absolute Gasteiger partial charge is 0.508 e. The number of rotatable bonds is 82. The number of aliphatic imine (C=N–C) groups is 2. The van der Waals surface area contributed by atoms with E-state index in [4.69, 9.17) is 51.0 Å². The average Bonchev–Trinajstić information content (AvgIpc) is 1.29. The number of aromatic nitrogens is 2. The molecule has 39 nitrogen and oxygen atoms in total. The van der Waals surface area contributed by atoms with Crippen LogP contribution in [0.1, 0.15) is 283 Å². The van der Waals surface area contributed by atoms with Crippen LogP contribution < -0.4 is 83.1 Å². The number of nitrogens with one attached hydrogen (secondary N) is 8. The van der Waals surface area contributed by atoms with Gasteiger partial charge in [-0.15, -0.1) is 0 Å². The van der Waals surface area contributed by atoms with Crippen LogP contribution in [0.15, 0.2) is 46.8 Å². The summed E-state index contributed by atoms with van der Waals surface area (Å²) in [5.41, 5.74) is 46.8. The monoisotopic (exact) mass is 1920 g/mol. The molecular weight excluding hydrogens is 1760 g/mol. The van der Waals surface area contributed by atoms with Crippen LogP contribution in [0.2, 0.25) is 0 Å². The molecule has 2 aromatic rings. The molecule has 29 N–H and O–H groups in total. The topological polar surface area (TPSA) is 703 Å². The summed E-state index contributed by atoms with van der Waals surface area (Å²) >= 11 is 1.27. The zero-order chi connectivity index (χ0) is 101. The number of aromatic hydroxyl groups is 1. The molecule has 0 saturated heterocycles. The number of H-pyrrole nitrogens is 1. The number of aromatic amines is 1. The highest BCUT2D eigenvalue weighted by Crippen LogP contribution is 2.27. The molecular formula is C95H163N19O20S. The quantitative estimate of drug-likeness (QED) is 0.0254. The number of unbranched alkanes of at least 4 members (excludes halogenated alkanes) is 15. The zero-order valence-corrected chi connectivity index (χ0v) is 81.5. The maximum absolute atomic E-state index is 15.0. The van der Waals surface area contributed by atoms with Crippen molar-refractivity contribution in [1.29, 1.82) is 0 Å². The molecule has 1 aromatic heterocycles. The second kappa shape index (κ2) is 70.7. The van der Waals surface area contributed by atoms with Crippen molar-refractivity contribution in [2.45, 2.75) is 333 Å². The minimum absolute atomic E-state index is 0.00767. The van der Waals surface area contributed by atoms with E-state index in [1.165, 1.54) is 74.2 Å². The van der Waals surface area contributed by atoms with Crippen LogP contribution >= 0.6 is 11.8 Å². The summed E-state index contributed by atoms with van der Waals surface area (Å²) in [6, 6.07) is -3.81. The van der Waals surface area contributed by atoms with E-state index in [0.29, 0.717) is 56.3 Å². The van der Waals surface area contributed by atoms with Gasteiger partial charge in [-0.3, -0.25) is 81.9 Å². The molecule has 0 saturated carbocycles. The number of nitrogens with two attached hydrogens (primary N) is 8. The Bertz CT molecular complexity index is 3940. The summed E-state index contributed by atoms with van der Waals surface area (Å²) in [6.45, 7) is 8.53. The molecule has 0 fully saturated rings. The SMILES string of the molecule is CSCC[C@H](NC(=O)[C@H](CO)CC(=O)[C@H](CCCN=C(N)N)NC(=O)[C@@H](CC(=O)[C@H](CCCCN)NC(=O)[C@H](CCCCN)NC(=O)CCCCCCCCCCCCCCCO)CC(C)C)C(=O)C[C@H](C(=O)N[C@@H](CC(=O)O)C(=O)C[C@@H](CCCCN)C(=O)N[C@@H](Cc1ccc(O)cc1)C(=O)C[C@@H](CCCN=C(N)N)C(=O)N[C@@H](CC(C)C)C(=O)C[C@@H](Cc1cnc[nH]1)C(N)=O)[C@@H](C)O. The molecule has 1 heterocycles. The van der Waals surface area contributed by atoms with E-state index in [2.05, 4.69) is 57.2 Å².